The summed E-state index contributed by atoms with van der Waals surface area (Å²) in [7, 11) is 1.86. The Hall–Kier alpha value is -1.27. The first-order valence-electron chi connectivity index (χ1n) is 7.94. The Labute approximate surface area is 147 Å². The molecule has 3 nitrogen and oxygen atoms in total. The zero-order valence-electron chi connectivity index (χ0n) is 13.9. The van der Waals surface area contributed by atoms with Gasteiger partial charge in [-0.2, -0.15) is 13.2 Å². The maximum absolute atomic E-state index is 13.1. The van der Waals surface area contributed by atoms with Crippen molar-refractivity contribution in [3.63, 3.8) is 0 Å². The van der Waals surface area contributed by atoms with Crippen molar-refractivity contribution in [3.05, 3.63) is 35.4 Å². The molecule has 2 unspecified atom stereocenters. The average molecular weight is 365 g/mol. The first-order chi connectivity index (χ1) is 10.8. The molecule has 0 spiro atoms. The number of alkyl halides is 3. The maximum Gasteiger partial charge on any atom is 0.416 e. The number of carbonyl (C=O) groups excluding carboxylic acids is 1. The second-order valence-corrected chi connectivity index (χ2v) is 6.16. The standard InChI is InChI=1S/C17H23F3N2O.ClH/c1-12(14-7-3-4-8-15(14)17(18,19)20)10-16(23)22-9-5-6-13(11-22)21-2;/h3-4,7-8,12-13,21H,5-6,9-11H2,1-2H3;1H. The summed E-state index contributed by atoms with van der Waals surface area (Å²) in [5.74, 6) is -0.537. The van der Waals surface area contributed by atoms with Gasteiger partial charge in [0.25, 0.3) is 0 Å². The molecule has 1 aromatic carbocycles. The third kappa shape index (κ3) is 5.11. The first kappa shape index (κ1) is 20.8. The number of hydrogen-bond donors (Lipinski definition) is 1. The lowest BCUT2D eigenvalue weighted by atomic mass is 9.92. The quantitative estimate of drug-likeness (QED) is 0.880. The molecule has 2 atom stereocenters. The zero-order valence-corrected chi connectivity index (χ0v) is 14.7. The summed E-state index contributed by atoms with van der Waals surface area (Å²) < 4.78 is 39.3. The van der Waals surface area contributed by atoms with Gasteiger partial charge in [0.1, 0.15) is 0 Å². The van der Waals surface area contributed by atoms with E-state index >= 15 is 0 Å². The molecular formula is C17H24ClF3N2O. The SMILES string of the molecule is CNC1CCCN(C(=O)CC(C)c2ccccc2C(F)(F)F)C1.Cl. The highest BCUT2D eigenvalue weighted by molar-refractivity contribution is 5.85. The van der Waals surface area contributed by atoms with Gasteiger partial charge in [0.2, 0.25) is 5.91 Å². The summed E-state index contributed by atoms with van der Waals surface area (Å²) in [6.45, 7) is 3.00. The molecule has 1 amide bonds. The van der Waals surface area contributed by atoms with Crippen molar-refractivity contribution in [2.45, 2.75) is 44.3 Å². The van der Waals surface area contributed by atoms with E-state index in [-0.39, 0.29) is 36.3 Å². The molecule has 24 heavy (non-hydrogen) atoms. The Bertz CT molecular complexity index is 551. The first-order valence-corrected chi connectivity index (χ1v) is 7.94. The van der Waals surface area contributed by atoms with Crippen molar-refractivity contribution >= 4 is 18.3 Å². The van der Waals surface area contributed by atoms with E-state index in [4.69, 9.17) is 0 Å². The third-order valence-corrected chi connectivity index (χ3v) is 4.46. The Kier molecular flexibility index (Phi) is 7.55. The van der Waals surface area contributed by atoms with Crippen LogP contribution in [0.3, 0.4) is 0 Å². The van der Waals surface area contributed by atoms with E-state index in [9.17, 15) is 18.0 Å². The van der Waals surface area contributed by atoms with E-state index in [0.717, 1.165) is 18.9 Å². The molecule has 1 aliphatic rings. The van der Waals surface area contributed by atoms with Gasteiger partial charge in [0.15, 0.2) is 0 Å². The molecule has 1 N–H and O–H groups in total. The van der Waals surface area contributed by atoms with E-state index in [1.807, 2.05) is 7.05 Å². The monoisotopic (exact) mass is 364 g/mol. The fourth-order valence-electron chi connectivity index (χ4n) is 3.13. The van der Waals surface area contributed by atoms with Crippen LogP contribution in [0.5, 0.6) is 0 Å². The number of amides is 1. The molecule has 2 rings (SSSR count). The molecule has 1 aliphatic heterocycles. The lowest BCUT2D eigenvalue weighted by Crippen LogP contribution is -2.47. The molecule has 1 aromatic rings. The lowest BCUT2D eigenvalue weighted by molar-refractivity contribution is -0.139. The Morgan fingerprint density at radius 2 is 2.04 bits per heavy atom. The number of halogens is 4. The minimum absolute atomic E-state index is 0. The highest BCUT2D eigenvalue weighted by Crippen LogP contribution is 2.36. The van der Waals surface area contributed by atoms with Crippen LogP contribution in [-0.2, 0) is 11.0 Å². The van der Waals surface area contributed by atoms with Crippen LogP contribution in [0, 0.1) is 0 Å². The molecule has 0 radical (unpaired) electrons. The van der Waals surface area contributed by atoms with Crippen LogP contribution in [-0.4, -0.2) is 37.0 Å². The summed E-state index contributed by atoms with van der Waals surface area (Å²) in [5, 5.41) is 3.16. The van der Waals surface area contributed by atoms with Gasteiger partial charge in [-0.1, -0.05) is 25.1 Å². The van der Waals surface area contributed by atoms with Gasteiger partial charge in [-0.25, -0.2) is 0 Å². The highest BCUT2D eigenvalue weighted by atomic mass is 35.5. The van der Waals surface area contributed by atoms with Crippen LogP contribution in [0.15, 0.2) is 24.3 Å². The summed E-state index contributed by atoms with van der Waals surface area (Å²) >= 11 is 0. The lowest BCUT2D eigenvalue weighted by Gasteiger charge is -2.33. The molecule has 1 saturated heterocycles. The Morgan fingerprint density at radius 1 is 1.38 bits per heavy atom. The smallest absolute Gasteiger partial charge is 0.341 e. The zero-order chi connectivity index (χ0) is 17.0. The van der Waals surface area contributed by atoms with Crippen molar-refractivity contribution < 1.29 is 18.0 Å². The van der Waals surface area contributed by atoms with Crippen molar-refractivity contribution in [1.29, 1.82) is 0 Å². The molecule has 0 saturated carbocycles. The van der Waals surface area contributed by atoms with Crippen LogP contribution in [0.1, 0.15) is 43.2 Å². The van der Waals surface area contributed by atoms with Gasteiger partial charge >= 0.3 is 6.18 Å². The van der Waals surface area contributed by atoms with E-state index < -0.39 is 17.7 Å². The molecule has 1 heterocycles. The molecule has 7 heteroatoms. The summed E-state index contributed by atoms with van der Waals surface area (Å²) in [6, 6.07) is 5.78. The third-order valence-electron chi connectivity index (χ3n) is 4.46. The van der Waals surface area contributed by atoms with Crippen LogP contribution >= 0.6 is 12.4 Å². The maximum atomic E-state index is 13.1. The van der Waals surface area contributed by atoms with E-state index in [1.54, 1.807) is 17.9 Å². The van der Waals surface area contributed by atoms with Gasteiger partial charge in [0, 0.05) is 25.6 Å². The van der Waals surface area contributed by atoms with Gasteiger partial charge in [-0.3, -0.25) is 4.79 Å². The average Bonchev–Trinajstić information content (AvgIpc) is 2.54. The summed E-state index contributed by atoms with van der Waals surface area (Å²) in [5.41, 5.74) is -0.456. The summed E-state index contributed by atoms with van der Waals surface area (Å²) in [4.78, 5) is 14.2. The van der Waals surface area contributed by atoms with Gasteiger partial charge in [-0.05, 0) is 37.4 Å². The minimum Gasteiger partial charge on any atom is -0.341 e. The number of nitrogens with one attached hydrogen (secondary N) is 1. The minimum atomic E-state index is -4.39. The van der Waals surface area contributed by atoms with Crippen molar-refractivity contribution in [2.75, 3.05) is 20.1 Å². The van der Waals surface area contributed by atoms with E-state index in [1.165, 1.54) is 12.1 Å². The molecule has 0 aliphatic carbocycles. The predicted molar refractivity (Wildman–Crippen MR) is 90.4 cm³/mol. The Morgan fingerprint density at radius 3 is 2.67 bits per heavy atom. The van der Waals surface area contributed by atoms with Gasteiger partial charge < -0.3 is 10.2 Å². The van der Waals surface area contributed by atoms with Crippen LogP contribution in [0.25, 0.3) is 0 Å². The molecule has 136 valence electrons. The predicted octanol–water partition coefficient (Wildman–Crippen LogP) is 3.83. The number of piperidine rings is 1. The number of rotatable bonds is 4. The topological polar surface area (TPSA) is 32.3 Å². The van der Waals surface area contributed by atoms with Gasteiger partial charge in [0.05, 0.1) is 5.56 Å². The van der Waals surface area contributed by atoms with E-state index in [0.29, 0.717) is 13.1 Å². The number of carbonyl (C=O) groups is 1. The van der Waals surface area contributed by atoms with Crippen LogP contribution < -0.4 is 5.32 Å². The van der Waals surface area contributed by atoms with Crippen molar-refractivity contribution in [3.8, 4) is 0 Å². The molecule has 0 bridgehead atoms. The van der Waals surface area contributed by atoms with Gasteiger partial charge in [-0.15, -0.1) is 12.4 Å². The van der Waals surface area contributed by atoms with E-state index in [2.05, 4.69) is 5.32 Å². The fourth-order valence-corrected chi connectivity index (χ4v) is 3.13. The normalized spacial score (nSPS) is 19.5. The van der Waals surface area contributed by atoms with Crippen LogP contribution in [0.2, 0.25) is 0 Å². The second-order valence-electron chi connectivity index (χ2n) is 6.16. The number of likely N-dealkylation sites (tertiary alicyclic amines) is 1. The highest BCUT2D eigenvalue weighted by Gasteiger charge is 2.34. The summed E-state index contributed by atoms with van der Waals surface area (Å²) in [6.07, 6.45) is -2.35. The molecule has 0 aromatic heterocycles. The Balaban J connectivity index is 0.00000288. The molecule has 1 fully saturated rings. The number of benzene rings is 1. The number of likely N-dealkylation sites (N-methyl/N-ethyl adjacent to an activating group) is 1. The number of nitrogens with zero attached hydrogens (tertiary/aromatic N) is 1. The van der Waals surface area contributed by atoms with Crippen LogP contribution in [0.4, 0.5) is 13.2 Å². The van der Waals surface area contributed by atoms with Crippen molar-refractivity contribution in [1.82, 2.24) is 10.2 Å². The second kappa shape index (κ2) is 8.72. The molecular weight excluding hydrogens is 341 g/mol. The van der Waals surface area contributed by atoms with Crippen molar-refractivity contribution in [2.24, 2.45) is 0 Å². The fraction of sp³-hybridized carbons (Fsp3) is 0.588. The largest absolute Gasteiger partial charge is 0.416 e. The number of hydrogen-bond acceptors (Lipinski definition) is 2.